The number of nitrogens with zero attached hydrogens (tertiary/aromatic N) is 1. The zero-order chi connectivity index (χ0) is 15.5. The summed E-state index contributed by atoms with van der Waals surface area (Å²) in [6.07, 6.45) is 3.99. The first-order chi connectivity index (χ1) is 9.97. The Bertz CT molecular complexity index is 551. The van der Waals surface area contributed by atoms with Crippen molar-refractivity contribution in [2.75, 3.05) is 13.2 Å². The fourth-order valence-corrected chi connectivity index (χ4v) is 2.89. The van der Waals surface area contributed by atoms with Gasteiger partial charge in [-0.3, -0.25) is 14.9 Å². The molecule has 0 radical (unpaired) electrons. The van der Waals surface area contributed by atoms with E-state index in [0.29, 0.717) is 17.7 Å². The average Bonchev–Trinajstić information content (AvgIpc) is 2.94. The molecule has 0 heterocycles. The van der Waals surface area contributed by atoms with Gasteiger partial charge in [-0.1, -0.05) is 12.8 Å². The van der Waals surface area contributed by atoms with Gasteiger partial charge in [-0.2, -0.15) is 0 Å². The second-order valence-corrected chi connectivity index (χ2v) is 5.80. The maximum absolute atomic E-state index is 12.2. The molecule has 0 unspecified atom stereocenters. The van der Waals surface area contributed by atoms with Crippen LogP contribution in [0.3, 0.4) is 0 Å². The van der Waals surface area contributed by atoms with Gasteiger partial charge in [-0.25, -0.2) is 0 Å². The van der Waals surface area contributed by atoms with Gasteiger partial charge in [0.2, 0.25) is 0 Å². The monoisotopic (exact) mass is 292 g/mol. The van der Waals surface area contributed by atoms with Crippen LogP contribution in [0.5, 0.6) is 0 Å². The summed E-state index contributed by atoms with van der Waals surface area (Å²) in [6, 6.07) is 4.20. The Morgan fingerprint density at radius 2 is 2.10 bits per heavy atom. The van der Waals surface area contributed by atoms with E-state index in [2.05, 4.69) is 5.32 Å². The van der Waals surface area contributed by atoms with Crippen molar-refractivity contribution in [1.82, 2.24) is 5.32 Å². The third-order valence-electron chi connectivity index (χ3n) is 4.29. The first-order valence-corrected chi connectivity index (χ1v) is 7.11. The summed E-state index contributed by atoms with van der Waals surface area (Å²) < 4.78 is 0. The van der Waals surface area contributed by atoms with E-state index in [4.69, 9.17) is 0 Å². The van der Waals surface area contributed by atoms with Crippen molar-refractivity contribution in [3.05, 3.63) is 39.4 Å². The number of rotatable bonds is 5. The number of benzene rings is 1. The summed E-state index contributed by atoms with van der Waals surface area (Å²) in [5.41, 5.74) is 0.786. The van der Waals surface area contributed by atoms with Crippen molar-refractivity contribution in [3.8, 4) is 0 Å². The molecule has 1 aromatic rings. The van der Waals surface area contributed by atoms with E-state index in [1.807, 2.05) is 0 Å². The maximum Gasteiger partial charge on any atom is 0.269 e. The number of nitro benzene ring substituents is 1. The standard InChI is InChI=1S/C15H20N2O4/c1-11-8-12(17(20)21)4-5-13(11)14(19)16-9-15(10-18)6-2-3-7-15/h4-5,8,18H,2-3,6-7,9-10H2,1H3,(H,16,19). The van der Waals surface area contributed by atoms with Crippen LogP contribution in [0.2, 0.25) is 0 Å². The van der Waals surface area contributed by atoms with Gasteiger partial charge in [0.1, 0.15) is 0 Å². The molecule has 114 valence electrons. The van der Waals surface area contributed by atoms with E-state index in [9.17, 15) is 20.0 Å². The molecule has 0 saturated heterocycles. The highest BCUT2D eigenvalue weighted by atomic mass is 16.6. The normalized spacial score (nSPS) is 16.7. The molecule has 2 rings (SSSR count). The topological polar surface area (TPSA) is 92.5 Å². The number of nitrogens with one attached hydrogen (secondary N) is 1. The predicted molar refractivity (Wildman–Crippen MR) is 78.2 cm³/mol. The van der Waals surface area contributed by atoms with Gasteiger partial charge in [0.15, 0.2) is 0 Å². The van der Waals surface area contributed by atoms with Crippen LogP contribution >= 0.6 is 0 Å². The number of carbonyl (C=O) groups excluding carboxylic acids is 1. The Balaban J connectivity index is 2.05. The quantitative estimate of drug-likeness (QED) is 0.642. The second-order valence-electron chi connectivity index (χ2n) is 5.80. The van der Waals surface area contributed by atoms with Crippen molar-refractivity contribution in [1.29, 1.82) is 0 Å². The molecule has 1 aliphatic rings. The van der Waals surface area contributed by atoms with E-state index in [1.54, 1.807) is 6.92 Å². The van der Waals surface area contributed by atoms with Crippen LogP contribution < -0.4 is 5.32 Å². The minimum atomic E-state index is -0.478. The third-order valence-corrected chi connectivity index (χ3v) is 4.29. The minimum absolute atomic E-state index is 0.0216. The zero-order valence-corrected chi connectivity index (χ0v) is 12.1. The maximum atomic E-state index is 12.2. The van der Waals surface area contributed by atoms with Crippen molar-refractivity contribution in [2.45, 2.75) is 32.6 Å². The number of aliphatic hydroxyl groups excluding tert-OH is 1. The van der Waals surface area contributed by atoms with E-state index >= 15 is 0 Å². The molecular formula is C15H20N2O4. The third kappa shape index (κ3) is 3.39. The Hall–Kier alpha value is -1.95. The van der Waals surface area contributed by atoms with Gasteiger partial charge < -0.3 is 10.4 Å². The number of non-ortho nitro benzene ring substituents is 1. The Morgan fingerprint density at radius 3 is 2.62 bits per heavy atom. The highest BCUT2D eigenvalue weighted by Gasteiger charge is 2.33. The van der Waals surface area contributed by atoms with Crippen LogP contribution in [0.25, 0.3) is 0 Å². The predicted octanol–water partition coefficient (Wildman–Crippen LogP) is 2.19. The van der Waals surface area contributed by atoms with Gasteiger partial charge in [0.05, 0.1) is 11.5 Å². The summed E-state index contributed by atoms with van der Waals surface area (Å²) in [4.78, 5) is 22.4. The minimum Gasteiger partial charge on any atom is -0.396 e. The van der Waals surface area contributed by atoms with Gasteiger partial charge in [0.25, 0.3) is 11.6 Å². The number of aryl methyl sites for hydroxylation is 1. The molecule has 0 aromatic heterocycles. The number of carbonyl (C=O) groups is 1. The van der Waals surface area contributed by atoms with Crippen molar-refractivity contribution >= 4 is 11.6 Å². The van der Waals surface area contributed by atoms with Crippen molar-refractivity contribution in [2.24, 2.45) is 5.41 Å². The summed E-state index contributed by atoms with van der Waals surface area (Å²) in [6.45, 7) is 2.20. The summed E-state index contributed by atoms with van der Waals surface area (Å²) >= 11 is 0. The molecule has 1 saturated carbocycles. The molecule has 6 heteroatoms. The van der Waals surface area contributed by atoms with Crippen LogP contribution in [0.4, 0.5) is 5.69 Å². The van der Waals surface area contributed by atoms with E-state index < -0.39 is 4.92 Å². The zero-order valence-electron chi connectivity index (χ0n) is 12.1. The lowest BCUT2D eigenvalue weighted by Crippen LogP contribution is -2.38. The summed E-state index contributed by atoms with van der Waals surface area (Å²) in [7, 11) is 0. The Kier molecular flexibility index (Phi) is 4.57. The molecule has 0 atom stereocenters. The van der Waals surface area contributed by atoms with Crippen molar-refractivity contribution < 1.29 is 14.8 Å². The van der Waals surface area contributed by atoms with Gasteiger partial charge in [-0.05, 0) is 31.4 Å². The van der Waals surface area contributed by atoms with E-state index in [1.165, 1.54) is 18.2 Å². The molecule has 0 aliphatic heterocycles. The van der Waals surface area contributed by atoms with Gasteiger partial charge in [0, 0.05) is 29.7 Å². The lowest BCUT2D eigenvalue weighted by Gasteiger charge is -2.26. The summed E-state index contributed by atoms with van der Waals surface area (Å²) in [5.74, 6) is -0.248. The Morgan fingerprint density at radius 1 is 1.43 bits per heavy atom. The molecule has 0 spiro atoms. The first kappa shape index (κ1) is 15.4. The lowest BCUT2D eigenvalue weighted by molar-refractivity contribution is -0.384. The van der Waals surface area contributed by atoms with Crippen LogP contribution in [-0.4, -0.2) is 29.1 Å². The van der Waals surface area contributed by atoms with Gasteiger partial charge in [-0.15, -0.1) is 0 Å². The fourth-order valence-electron chi connectivity index (χ4n) is 2.89. The molecule has 1 amide bonds. The number of hydrogen-bond donors (Lipinski definition) is 2. The smallest absolute Gasteiger partial charge is 0.269 e. The molecule has 21 heavy (non-hydrogen) atoms. The van der Waals surface area contributed by atoms with E-state index in [-0.39, 0.29) is 23.6 Å². The van der Waals surface area contributed by atoms with Crippen LogP contribution in [0.15, 0.2) is 18.2 Å². The highest BCUT2D eigenvalue weighted by Crippen LogP contribution is 2.36. The highest BCUT2D eigenvalue weighted by molar-refractivity contribution is 5.95. The molecule has 0 bridgehead atoms. The number of aliphatic hydroxyl groups is 1. The molecule has 6 nitrogen and oxygen atoms in total. The molecule has 1 fully saturated rings. The average molecular weight is 292 g/mol. The molecular weight excluding hydrogens is 272 g/mol. The van der Waals surface area contributed by atoms with E-state index in [0.717, 1.165) is 25.7 Å². The second kappa shape index (κ2) is 6.22. The number of amides is 1. The molecule has 1 aliphatic carbocycles. The molecule has 2 N–H and O–H groups in total. The van der Waals surface area contributed by atoms with Crippen LogP contribution in [-0.2, 0) is 0 Å². The lowest BCUT2D eigenvalue weighted by atomic mass is 9.87. The van der Waals surface area contributed by atoms with Crippen LogP contribution in [0.1, 0.15) is 41.6 Å². The molecule has 1 aromatic carbocycles. The van der Waals surface area contributed by atoms with Crippen molar-refractivity contribution in [3.63, 3.8) is 0 Å². The fraction of sp³-hybridized carbons (Fsp3) is 0.533. The van der Waals surface area contributed by atoms with Gasteiger partial charge >= 0.3 is 0 Å². The van der Waals surface area contributed by atoms with Crippen LogP contribution in [0, 0.1) is 22.5 Å². The Labute approximate surface area is 123 Å². The number of hydrogen-bond acceptors (Lipinski definition) is 4. The SMILES string of the molecule is Cc1cc([N+](=O)[O-])ccc1C(=O)NCC1(CO)CCCC1. The first-order valence-electron chi connectivity index (χ1n) is 7.11. The number of nitro groups is 1. The summed E-state index contributed by atoms with van der Waals surface area (Å²) in [5, 5.41) is 23.1. The largest absolute Gasteiger partial charge is 0.396 e.